The molecule has 0 unspecified atom stereocenters. The zero-order valence-corrected chi connectivity index (χ0v) is 30.2. The summed E-state index contributed by atoms with van der Waals surface area (Å²) in [6.07, 6.45) is 0. The third-order valence-corrected chi connectivity index (χ3v) is 10.0. The number of anilines is 3. The summed E-state index contributed by atoms with van der Waals surface area (Å²) in [6.45, 7) is 8.63. The second kappa shape index (κ2) is 14.9. The van der Waals surface area contributed by atoms with Gasteiger partial charge in [-0.15, -0.1) is 0 Å². The van der Waals surface area contributed by atoms with Crippen molar-refractivity contribution in [3.8, 4) is 55.6 Å². The van der Waals surface area contributed by atoms with Gasteiger partial charge in [0.25, 0.3) is 0 Å². The Labute approximate surface area is 313 Å². The zero-order chi connectivity index (χ0) is 36.1. The van der Waals surface area contributed by atoms with E-state index in [1.807, 2.05) is 0 Å². The van der Waals surface area contributed by atoms with Crippen LogP contribution in [0.1, 0.15) is 18.1 Å². The van der Waals surface area contributed by atoms with Crippen molar-refractivity contribution in [2.24, 2.45) is 0 Å². The fourth-order valence-corrected chi connectivity index (χ4v) is 7.16. The summed E-state index contributed by atoms with van der Waals surface area (Å²) in [7, 11) is 0. The number of rotatable bonds is 9. The lowest BCUT2D eigenvalue weighted by Crippen LogP contribution is -2.09. The van der Waals surface area contributed by atoms with Crippen LogP contribution in [-0.2, 0) is 0 Å². The maximum absolute atomic E-state index is 4.34. The van der Waals surface area contributed by atoms with E-state index in [2.05, 4.69) is 226 Å². The Morgan fingerprint density at radius 3 is 1.09 bits per heavy atom. The zero-order valence-electron chi connectivity index (χ0n) is 30.2. The Kier molecular flexibility index (Phi) is 9.39. The van der Waals surface area contributed by atoms with Crippen LogP contribution in [0.3, 0.4) is 0 Å². The second-order valence-corrected chi connectivity index (χ2v) is 13.6. The molecule has 0 fully saturated rings. The van der Waals surface area contributed by atoms with Crippen molar-refractivity contribution in [3.63, 3.8) is 0 Å². The van der Waals surface area contributed by atoms with Gasteiger partial charge in [0.15, 0.2) is 0 Å². The predicted molar refractivity (Wildman–Crippen MR) is 228 cm³/mol. The monoisotopic (exact) mass is 679 g/mol. The lowest BCUT2D eigenvalue weighted by atomic mass is 9.88. The molecule has 8 aromatic carbocycles. The van der Waals surface area contributed by atoms with Gasteiger partial charge in [-0.2, -0.15) is 0 Å². The summed E-state index contributed by atoms with van der Waals surface area (Å²) >= 11 is 0. The Morgan fingerprint density at radius 2 is 0.679 bits per heavy atom. The quantitative estimate of drug-likeness (QED) is 0.147. The highest BCUT2D eigenvalue weighted by Gasteiger charge is 2.16. The summed E-state index contributed by atoms with van der Waals surface area (Å²) in [4.78, 5) is 2.34. The summed E-state index contributed by atoms with van der Waals surface area (Å²) < 4.78 is 0. The van der Waals surface area contributed by atoms with Crippen LogP contribution in [0.15, 0.2) is 207 Å². The van der Waals surface area contributed by atoms with Crippen LogP contribution in [0.25, 0.3) is 61.2 Å². The van der Waals surface area contributed by atoms with Crippen molar-refractivity contribution in [3.05, 3.63) is 218 Å². The number of aryl methyl sites for hydroxylation is 1. The molecule has 0 N–H and O–H groups in total. The molecule has 0 spiro atoms. The molecule has 0 aliphatic rings. The van der Waals surface area contributed by atoms with Gasteiger partial charge in [0.1, 0.15) is 0 Å². The number of benzene rings is 8. The molecule has 0 amide bonds. The van der Waals surface area contributed by atoms with E-state index in [0.29, 0.717) is 0 Å². The molecule has 53 heavy (non-hydrogen) atoms. The smallest absolute Gasteiger partial charge is 0.0462 e. The molecule has 0 saturated heterocycles. The maximum atomic E-state index is 4.34. The molecule has 0 radical (unpaired) electrons. The second-order valence-electron chi connectivity index (χ2n) is 13.6. The van der Waals surface area contributed by atoms with Crippen molar-refractivity contribution >= 4 is 22.6 Å². The third-order valence-electron chi connectivity index (χ3n) is 10.0. The fraction of sp³-hybridized carbons (Fsp3) is 0.0385. The first-order valence-electron chi connectivity index (χ1n) is 18.2. The molecule has 0 aliphatic carbocycles. The van der Waals surface area contributed by atoms with Gasteiger partial charge in [0, 0.05) is 17.1 Å². The van der Waals surface area contributed by atoms with Crippen LogP contribution >= 0.6 is 0 Å². The van der Waals surface area contributed by atoms with Crippen LogP contribution in [-0.4, -0.2) is 0 Å². The number of allylic oxidation sites excluding steroid dienone is 1. The first kappa shape index (κ1) is 33.4. The van der Waals surface area contributed by atoms with Gasteiger partial charge in [-0.1, -0.05) is 164 Å². The topological polar surface area (TPSA) is 3.24 Å². The van der Waals surface area contributed by atoms with Gasteiger partial charge in [-0.05, 0) is 129 Å². The van der Waals surface area contributed by atoms with Crippen molar-refractivity contribution in [2.75, 3.05) is 4.90 Å². The Bertz CT molecular complexity index is 2400. The van der Waals surface area contributed by atoms with Crippen LogP contribution in [0, 0.1) is 6.92 Å². The average molecular weight is 680 g/mol. The number of hydrogen-bond donors (Lipinski definition) is 0. The van der Waals surface area contributed by atoms with Crippen molar-refractivity contribution in [1.29, 1.82) is 0 Å². The predicted octanol–water partition coefficient (Wildman–Crippen LogP) is 14.8. The van der Waals surface area contributed by atoms with Crippen LogP contribution < -0.4 is 4.90 Å². The van der Waals surface area contributed by atoms with Gasteiger partial charge >= 0.3 is 0 Å². The highest BCUT2D eigenvalue weighted by molar-refractivity contribution is 5.87. The average Bonchev–Trinajstić information content (AvgIpc) is 3.23. The lowest BCUT2D eigenvalue weighted by molar-refractivity contribution is 1.28. The van der Waals surface area contributed by atoms with Crippen molar-refractivity contribution < 1.29 is 0 Å². The van der Waals surface area contributed by atoms with Gasteiger partial charge in [0.2, 0.25) is 0 Å². The Morgan fingerprint density at radius 1 is 0.358 bits per heavy atom. The molecule has 0 heterocycles. The van der Waals surface area contributed by atoms with E-state index in [9.17, 15) is 0 Å². The van der Waals surface area contributed by atoms with Gasteiger partial charge < -0.3 is 4.90 Å². The fourth-order valence-electron chi connectivity index (χ4n) is 7.16. The summed E-state index contributed by atoms with van der Waals surface area (Å²) in [5, 5.41) is 0. The molecule has 1 heteroatoms. The molecule has 0 saturated carbocycles. The first-order chi connectivity index (χ1) is 26.0. The Balaban J connectivity index is 1.16. The van der Waals surface area contributed by atoms with E-state index < -0.39 is 0 Å². The standard InChI is InChI=1S/C52H41N/c1-37(2)50-34-27-46(41-17-11-6-12-18-41)36-52(50)51-35-45(20-19-38(51)3)44-25-32-49(33-26-44)53(47-28-21-42(22-29-47)39-13-7-4-8-14-39)48-30-23-43(24-31-48)40-15-9-5-10-16-40/h4-36H,1H2,2-3H3. The van der Waals surface area contributed by atoms with Gasteiger partial charge in [-0.3, -0.25) is 0 Å². The lowest BCUT2D eigenvalue weighted by Gasteiger charge is -2.26. The molecule has 254 valence electrons. The van der Waals surface area contributed by atoms with E-state index in [-0.39, 0.29) is 0 Å². The van der Waals surface area contributed by atoms with Crippen LogP contribution in [0.2, 0.25) is 0 Å². The van der Waals surface area contributed by atoms with E-state index >= 15 is 0 Å². The summed E-state index contributed by atoms with van der Waals surface area (Å²) in [6, 6.07) is 71.9. The third kappa shape index (κ3) is 7.11. The minimum absolute atomic E-state index is 1.06. The SMILES string of the molecule is C=C(C)c1ccc(-c2ccccc2)cc1-c1cc(-c2ccc(N(c3ccc(-c4ccccc4)cc3)c3ccc(-c4ccccc4)cc3)cc2)ccc1C. The van der Waals surface area contributed by atoms with E-state index in [0.717, 1.165) is 22.6 Å². The van der Waals surface area contributed by atoms with Crippen molar-refractivity contribution in [1.82, 2.24) is 0 Å². The largest absolute Gasteiger partial charge is 0.311 e. The number of hydrogen-bond acceptors (Lipinski definition) is 1. The number of nitrogens with zero attached hydrogens (tertiary/aromatic N) is 1. The van der Waals surface area contributed by atoms with E-state index in [4.69, 9.17) is 0 Å². The molecule has 0 aromatic heterocycles. The van der Waals surface area contributed by atoms with Crippen LogP contribution in [0.5, 0.6) is 0 Å². The minimum Gasteiger partial charge on any atom is -0.311 e. The molecule has 1 nitrogen and oxygen atoms in total. The van der Waals surface area contributed by atoms with Gasteiger partial charge in [-0.25, -0.2) is 0 Å². The summed E-state index contributed by atoms with van der Waals surface area (Å²) in [5.41, 5.74) is 18.8. The molecule has 8 rings (SSSR count). The first-order valence-corrected chi connectivity index (χ1v) is 18.2. The molecule has 0 aliphatic heterocycles. The van der Waals surface area contributed by atoms with Gasteiger partial charge in [0.05, 0.1) is 0 Å². The summed E-state index contributed by atoms with van der Waals surface area (Å²) in [5.74, 6) is 0. The highest BCUT2D eigenvalue weighted by atomic mass is 15.1. The van der Waals surface area contributed by atoms with E-state index in [1.165, 1.54) is 66.8 Å². The Hall–Kier alpha value is -6.70. The molecular formula is C52H41N. The molecular weight excluding hydrogens is 639 g/mol. The van der Waals surface area contributed by atoms with Crippen molar-refractivity contribution in [2.45, 2.75) is 13.8 Å². The molecule has 0 atom stereocenters. The van der Waals surface area contributed by atoms with Crippen LogP contribution in [0.4, 0.5) is 17.1 Å². The molecule has 8 aromatic rings. The highest BCUT2D eigenvalue weighted by Crippen LogP contribution is 2.40. The van der Waals surface area contributed by atoms with E-state index in [1.54, 1.807) is 0 Å². The normalized spacial score (nSPS) is 10.9. The minimum atomic E-state index is 1.06. The molecule has 0 bridgehead atoms. The maximum Gasteiger partial charge on any atom is 0.0462 e.